The van der Waals surface area contributed by atoms with E-state index in [1.54, 1.807) is 13.0 Å². The van der Waals surface area contributed by atoms with E-state index in [4.69, 9.17) is 9.47 Å². The third-order valence-corrected chi connectivity index (χ3v) is 6.52. The van der Waals surface area contributed by atoms with Gasteiger partial charge in [-0.25, -0.2) is 8.42 Å². The highest BCUT2D eigenvalue weighted by molar-refractivity contribution is 7.92. The minimum atomic E-state index is -3.84. The molecule has 2 rings (SSSR count). The Morgan fingerprint density at radius 1 is 0.971 bits per heavy atom. The van der Waals surface area contributed by atoms with Gasteiger partial charge in [-0.05, 0) is 30.5 Å². The molecule has 10 heteroatoms. The van der Waals surface area contributed by atoms with Crippen molar-refractivity contribution in [3.63, 3.8) is 0 Å². The fraction of sp³-hybridized carbons (Fsp3) is 0.440. The van der Waals surface area contributed by atoms with Gasteiger partial charge in [0, 0.05) is 19.2 Å². The van der Waals surface area contributed by atoms with E-state index in [2.05, 4.69) is 5.32 Å². The number of methoxy groups -OCH3 is 2. The molecule has 192 valence electrons. The second-order valence-corrected chi connectivity index (χ2v) is 10.5. The molecular formula is C25H35N3O6S. The first-order chi connectivity index (χ1) is 16.5. The summed E-state index contributed by atoms with van der Waals surface area (Å²) in [6, 6.07) is 13.0. The summed E-state index contributed by atoms with van der Waals surface area (Å²) in [5.41, 5.74) is 1.07. The number of anilines is 1. The number of nitrogens with zero attached hydrogens (tertiary/aromatic N) is 2. The molecule has 9 nitrogen and oxygen atoms in total. The minimum absolute atomic E-state index is 0.152. The zero-order valence-electron chi connectivity index (χ0n) is 21.1. The molecular weight excluding hydrogens is 470 g/mol. The molecule has 0 radical (unpaired) electrons. The van der Waals surface area contributed by atoms with Gasteiger partial charge in [0.15, 0.2) is 11.5 Å². The Hall–Kier alpha value is -3.27. The molecule has 35 heavy (non-hydrogen) atoms. The molecule has 0 aliphatic rings. The van der Waals surface area contributed by atoms with Gasteiger partial charge in [0.25, 0.3) is 0 Å². The fourth-order valence-electron chi connectivity index (χ4n) is 3.41. The predicted molar refractivity (Wildman–Crippen MR) is 136 cm³/mol. The fourth-order valence-corrected chi connectivity index (χ4v) is 4.25. The third-order valence-electron chi connectivity index (χ3n) is 5.38. The molecule has 0 bridgehead atoms. The van der Waals surface area contributed by atoms with Crippen LogP contribution in [-0.4, -0.2) is 64.7 Å². The molecule has 1 N–H and O–H groups in total. The highest BCUT2D eigenvalue weighted by atomic mass is 32.2. The lowest BCUT2D eigenvalue weighted by molar-refractivity contribution is -0.139. The Kier molecular flexibility index (Phi) is 9.94. The molecule has 0 heterocycles. The standard InChI is InChI=1S/C25H35N3O6S/c1-18(2)15-26-25(30)19(3)27(16-20-10-8-7-9-11-20)24(29)17-28(35(6,31)32)21-12-13-22(33-4)23(14-21)34-5/h7-14,18-19H,15-17H2,1-6H3,(H,26,30)/t19-/m0/s1. The molecule has 0 aliphatic heterocycles. The lowest BCUT2D eigenvalue weighted by Gasteiger charge is -2.31. The van der Waals surface area contributed by atoms with E-state index in [1.165, 1.54) is 31.3 Å². The topological polar surface area (TPSA) is 105 Å². The zero-order chi connectivity index (χ0) is 26.2. The molecule has 0 spiro atoms. The number of benzene rings is 2. The van der Waals surface area contributed by atoms with Crippen LogP contribution in [0.3, 0.4) is 0 Å². The van der Waals surface area contributed by atoms with E-state index in [-0.39, 0.29) is 24.1 Å². The van der Waals surface area contributed by atoms with Crippen LogP contribution < -0.4 is 19.1 Å². The maximum atomic E-state index is 13.5. The molecule has 2 aromatic carbocycles. The molecule has 2 aromatic rings. The SMILES string of the molecule is COc1ccc(N(CC(=O)N(Cc2ccccc2)[C@@H](C)C(=O)NCC(C)C)S(C)(=O)=O)cc1OC. The number of amides is 2. The van der Waals surface area contributed by atoms with Gasteiger partial charge in [-0.1, -0.05) is 44.2 Å². The Balaban J connectivity index is 2.39. The maximum absolute atomic E-state index is 13.5. The van der Waals surface area contributed by atoms with E-state index >= 15 is 0 Å². The van der Waals surface area contributed by atoms with E-state index in [0.717, 1.165) is 16.1 Å². The van der Waals surface area contributed by atoms with Gasteiger partial charge >= 0.3 is 0 Å². The molecule has 0 aliphatic carbocycles. The van der Waals surface area contributed by atoms with Crippen molar-refractivity contribution in [1.82, 2.24) is 10.2 Å². The Morgan fingerprint density at radius 3 is 2.14 bits per heavy atom. The van der Waals surface area contributed by atoms with Crippen molar-refractivity contribution < 1.29 is 27.5 Å². The van der Waals surface area contributed by atoms with Crippen LogP contribution in [0, 0.1) is 5.92 Å². The van der Waals surface area contributed by atoms with Crippen LogP contribution in [0.25, 0.3) is 0 Å². The van der Waals surface area contributed by atoms with Gasteiger partial charge in [0.1, 0.15) is 12.6 Å². The summed E-state index contributed by atoms with van der Waals surface area (Å²) in [5, 5.41) is 2.85. The Labute approximate surface area is 208 Å². The number of carbonyl (C=O) groups excluding carboxylic acids is 2. The summed E-state index contributed by atoms with van der Waals surface area (Å²) in [4.78, 5) is 27.7. The second kappa shape index (κ2) is 12.4. The molecule has 1 atom stereocenters. The van der Waals surface area contributed by atoms with E-state index in [1.807, 2.05) is 44.2 Å². The Morgan fingerprint density at radius 2 is 1.60 bits per heavy atom. The number of rotatable bonds is 12. The number of ether oxygens (including phenoxy) is 2. The van der Waals surface area contributed by atoms with Crippen LogP contribution in [0.15, 0.2) is 48.5 Å². The van der Waals surface area contributed by atoms with Crippen LogP contribution in [0.1, 0.15) is 26.3 Å². The minimum Gasteiger partial charge on any atom is -0.493 e. The molecule has 0 unspecified atom stereocenters. The number of carbonyl (C=O) groups is 2. The zero-order valence-corrected chi connectivity index (χ0v) is 22.0. The summed E-state index contributed by atoms with van der Waals surface area (Å²) in [7, 11) is -0.927. The number of sulfonamides is 1. The summed E-state index contributed by atoms with van der Waals surface area (Å²) >= 11 is 0. The Bertz CT molecular complexity index is 1110. The summed E-state index contributed by atoms with van der Waals surface area (Å²) in [6.45, 7) is 5.73. The van der Waals surface area contributed by atoms with Crippen LogP contribution in [0.2, 0.25) is 0 Å². The predicted octanol–water partition coefficient (Wildman–Crippen LogP) is 2.66. The molecule has 0 aromatic heterocycles. The van der Waals surface area contributed by atoms with Gasteiger partial charge in [-0.2, -0.15) is 0 Å². The molecule has 2 amide bonds. The normalized spacial score (nSPS) is 12.1. The largest absolute Gasteiger partial charge is 0.493 e. The van der Waals surface area contributed by atoms with Crippen LogP contribution in [0.5, 0.6) is 11.5 Å². The first-order valence-electron chi connectivity index (χ1n) is 11.3. The molecule has 0 saturated heterocycles. The van der Waals surface area contributed by atoms with Crippen LogP contribution >= 0.6 is 0 Å². The smallest absolute Gasteiger partial charge is 0.244 e. The van der Waals surface area contributed by atoms with E-state index in [9.17, 15) is 18.0 Å². The van der Waals surface area contributed by atoms with Crippen molar-refractivity contribution in [3.8, 4) is 11.5 Å². The highest BCUT2D eigenvalue weighted by Crippen LogP contribution is 2.32. The van der Waals surface area contributed by atoms with Gasteiger partial charge < -0.3 is 19.7 Å². The van der Waals surface area contributed by atoms with Crippen molar-refractivity contribution in [2.75, 3.05) is 37.9 Å². The maximum Gasteiger partial charge on any atom is 0.244 e. The number of hydrogen-bond acceptors (Lipinski definition) is 6. The van der Waals surface area contributed by atoms with Crippen molar-refractivity contribution in [2.45, 2.75) is 33.4 Å². The summed E-state index contributed by atoms with van der Waals surface area (Å²) in [6.07, 6.45) is 1.03. The second-order valence-electron chi connectivity index (χ2n) is 8.63. The van der Waals surface area contributed by atoms with Gasteiger partial charge in [-0.3, -0.25) is 13.9 Å². The van der Waals surface area contributed by atoms with Crippen LogP contribution in [0.4, 0.5) is 5.69 Å². The number of nitrogens with one attached hydrogen (secondary N) is 1. The van der Waals surface area contributed by atoms with Gasteiger partial charge in [0.2, 0.25) is 21.8 Å². The average Bonchev–Trinajstić information content (AvgIpc) is 2.83. The van der Waals surface area contributed by atoms with Crippen LogP contribution in [-0.2, 0) is 26.2 Å². The summed E-state index contributed by atoms with van der Waals surface area (Å²) < 4.78 is 36.9. The lowest BCUT2D eigenvalue weighted by atomic mass is 10.1. The van der Waals surface area contributed by atoms with Crippen molar-refractivity contribution in [2.24, 2.45) is 5.92 Å². The lowest BCUT2D eigenvalue weighted by Crippen LogP contribution is -2.51. The first-order valence-corrected chi connectivity index (χ1v) is 13.1. The third kappa shape index (κ3) is 7.88. The highest BCUT2D eigenvalue weighted by Gasteiger charge is 2.30. The number of hydrogen-bond donors (Lipinski definition) is 1. The molecule has 0 fully saturated rings. The van der Waals surface area contributed by atoms with E-state index in [0.29, 0.717) is 18.0 Å². The van der Waals surface area contributed by atoms with Crippen molar-refractivity contribution in [1.29, 1.82) is 0 Å². The van der Waals surface area contributed by atoms with Crippen molar-refractivity contribution >= 4 is 27.5 Å². The quantitative estimate of drug-likeness (QED) is 0.476. The van der Waals surface area contributed by atoms with Gasteiger partial charge in [0.05, 0.1) is 26.2 Å². The summed E-state index contributed by atoms with van der Waals surface area (Å²) in [5.74, 6) is 0.183. The monoisotopic (exact) mass is 505 g/mol. The van der Waals surface area contributed by atoms with E-state index < -0.39 is 28.5 Å². The van der Waals surface area contributed by atoms with Crippen molar-refractivity contribution in [3.05, 3.63) is 54.1 Å². The average molecular weight is 506 g/mol. The molecule has 0 saturated carbocycles. The first kappa shape index (κ1) is 28.0. The van der Waals surface area contributed by atoms with Gasteiger partial charge in [-0.15, -0.1) is 0 Å².